The van der Waals surface area contributed by atoms with Crippen LogP contribution in [0.2, 0.25) is 0 Å². The van der Waals surface area contributed by atoms with Crippen LogP contribution in [0, 0.1) is 0 Å². The van der Waals surface area contributed by atoms with Crippen LogP contribution < -0.4 is 5.32 Å². The number of ether oxygens (including phenoxy) is 2. The van der Waals surface area contributed by atoms with E-state index >= 15 is 0 Å². The number of esters is 1. The predicted octanol–water partition coefficient (Wildman–Crippen LogP) is 4.59. The summed E-state index contributed by atoms with van der Waals surface area (Å²) >= 11 is 0. The first kappa shape index (κ1) is 28.4. The van der Waals surface area contributed by atoms with Crippen LogP contribution >= 0.6 is 0 Å². The Labute approximate surface area is 228 Å². The Morgan fingerprint density at radius 3 is 2.56 bits per heavy atom. The van der Waals surface area contributed by atoms with Gasteiger partial charge in [-0.2, -0.15) is 0 Å². The van der Waals surface area contributed by atoms with Gasteiger partial charge < -0.3 is 14.0 Å². The second-order valence-corrected chi connectivity index (χ2v) is 11.0. The zero-order valence-corrected chi connectivity index (χ0v) is 23.0. The number of nitrogens with zero attached hydrogens (tertiary/aromatic N) is 2. The Morgan fingerprint density at radius 2 is 1.82 bits per heavy atom. The second kappa shape index (κ2) is 12.5. The SMILES string of the molecule is CC(C)(C)OC(=O)CCCOCCCC(=O)CCc1ccc2c(c1)c1cccnc1n2C1CCC(=O)NC1=O. The van der Waals surface area contributed by atoms with Crippen molar-refractivity contribution in [3.8, 4) is 0 Å². The smallest absolute Gasteiger partial charge is 0.306 e. The molecule has 1 fully saturated rings. The van der Waals surface area contributed by atoms with Gasteiger partial charge in [0.25, 0.3) is 0 Å². The second-order valence-electron chi connectivity index (χ2n) is 11.0. The normalized spacial score (nSPS) is 16.0. The van der Waals surface area contributed by atoms with Crippen LogP contribution in [0.3, 0.4) is 0 Å². The molecule has 0 saturated carbocycles. The van der Waals surface area contributed by atoms with E-state index in [1.54, 1.807) is 6.20 Å². The number of benzene rings is 1. The highest BCUT2D eigenvalue weighted by atomic mass is 16.6. The van der Waals surface area contributed by atoms with Gasteiger partial charge in [-0.05, 0) is 76.3 Å². The lowest BCUT2D eigenvalue weighted by molar-refractivity contribution is -0.155. The van der Waals surface area contributed by atoms with E-state index in [0.717, 1.165) is 21.9 Å². The molecular weight excluding hydrogens is 498 g/mol. The number of nitrogens with one attached hydrogen (secondary N) is 1. The average molecular weight is 536 g/mol. The van der Waals surface area contributed by atoms with Crippen LogP contribution in [-0.2, 0) is 35.1 Å². The minimum Gasteiger partial charge on any atom is -0.460 e. The van der Waals surface area contributed by atoms with Gasteiger partial charge in [0.1, 0.15) is 23.1 Å². The highest BCUT2D eigenvalue weighted by Crippen LogP contribution is 2.34. The molecule has 4 rings (SSSR count). The minimum atomic E-state index is -0.496. The molecule has 9 nitrogen and oxygen atoms in total. The first-order valence-corrected chi connectivity index (χ1v) is 13.6. The standard InChI is InChI=1S/C30H37N3O6/c1-30(2,3)39-27(36)9-6-18-38-17-5-7-21(34)12-10-20-11-13-24-23(19-20)22-8-4-16-31-28(22)33(24)25-14-15-26(35)32-29(25)37/h4,8,11,13,16,19,25H,5-7,9-10,12,14-15,17-18H2,1-3H3,(H,32,35,37). The summed E-state index contributed by atoms with van der Waals surface area (Å²) in [7, 11) is 0. The molecule has 0 bridgehead atoms. The fourth-order valence-electron chi connectivity index (χ4n) is 4.92. The number of Topliss-reactive ketones (excluding diaryl/α,β-unsaturated/α-hetero) is 1. The topological polar surface area (TPSA) is 117 Å². The molecule has 0 radical (unpaired) electrons. The summed E-state index contributed by atoms with van der Waals surface area (Å²) in [5, 5.41) is 4.36. The van der Waals surface area contributed by atoms with E-state index in [1.807, 2.05) is 49.6 Å². The van der Waals surface area contributed by atoms with Crippen molar-refractivity contribution in [1.29, 1.82) is 0 Å². The van der Waals surface area contributed by atoms with E-state index in [9.17, 15) is 19.2 Å². The van der Waals surface area contributed by atoms with E-state index in [2.05, 4.69) is 16.4 Å². The third-order valence-corrected chi connectivity index (χ3v) is 6.67. The molecular formula is C30H37N3O6. The Kier molecular flexibility index (Phi) is 9.12. The number of hydrogen-bond acceptors (Lipinski definition) is 7. The lowest BCUT2D eigenvalue weighted by Gasteiger charge is -2.23. The molecule has 1 aliphatic heterocycles. The summed E-state index contributed by atoms with van der Waals surface area (Å²) in [6, 6.07) is 9.39. The van der Waals surface area contributed by atoms with E-state index in [-0.39, 0.29) is 23.6 Å². The number of carbonyl (C=O) groups excluding carboxylic acids is 4. The van der Waals surface area contributed by atoms with Crippen molar-refractivity contribution in [2.75, 3.05) is 13.2 Å². The van der Waals surface area contributed by atoms with E-state index in [1.165, 1.54) is 0 Å². The van der Waals surface area contributed by atoms with Gasteiger partial charge in [0.15, 0.2) is 0 Å². The number of rotatable bonds is 12. The monoisotopic (exact) mass is 535 g/mol. The lowest BCUT2D eigenvalue weighted by atomic mass is 10.0. The summed E-state index contributed by atoms with van der Waals surface area (Å²) in [4.78, 5) is 53.0. The van der Waals surface area contributed by atoms with Crippen LogP contribution in [0.25, 0.3) is 21.9 Å². The van der Waals surface area contributed by atoms with Gasteiger partial charge in [-0.15, -0.1) is 0 Å². The summed E-state index contributed by atoms with van der Waals surface area (Å²) in [5.41, 5.74) is 2.16. The molecule has 3 aromatic rings. The lowest BCUT2D eigenvalue weighted by Crippen LogP contribution is -2.41. The zero-order chi connectivity index (χ0) is 28.0. The first-order chi connectivity index (χ1) is 18.6. The maximum atomic E-state index is 12.6. The molecule has 1 N–H and O–H groups in total. The highest BCUT2D eigenvalue weighted by Gasteiger charge is 2.30. The number of aromatic nitrogens is 2. The Morgan fingerprint density at radius 1 is 1.05 bits per heavy atom. The molecule has 0 spiro atoms. The maximum absolute atomic E-state index is 12.6. The number of amides is 2. The number of aryl methyl sites for hydroxylation is 1. The van der Waals surface area contributed by atoms with Gasteiger partial charge in [0, 0.05) is 55.9 Å². The maximum Gasteiger partial charge on any atom is 0.306 e. The Balaban J connectivity index is 1.28. The molecule has 1 saturated heterocycles. The summed E-state index contributed by atoms with van der Waals surface area (Å²) < 4.78 is 12.8. The Bertz CT molecular complexity index is 1370. The van der Waals surface area contributed by atoms with Crippen molar-refractivity contribution in [1.82, 2.24) is 14.9 Å². The third-order valence-electron chi connectivity index (χ3n) is 6.67. The molecule has 2 aromatic heterocycles. The van der Waals surface area contributed by atoms with Gasteiger partial charge in [0.05, 0.1) is 5.52 Å². The predicted molar refractivity (Wildman–Crippen MR) is 147 cm³/mol. The van der Waals surface area contributed by atoms with E-state index in [4.69, 9.17) is 9.47 Å². The van der Waals surface area contributed by atoms with Gasteiger partial charge >= 0.3 is 5.97 Å². The number of ketones is 1. The summed E-state index contributed by atoms with van der Waals surface area (Å²) in [5.74, 6) is -0.601. The van der Waals surface area contributed by atoms with Crippen LogP contribution in [0.1, 0.15) is 77.3 Å². The summed E-state index contributed by atoms with van der Waals surface area (Å²) in [6.07, 6.45) is 5.51. The molecule has 1 unspecified atom stereocenters. The number of carbonyl (C=O) groups is 4. The van der Waals surface area contributed by atoms with E-state index < -0.39 is 11.6 Å². The molecule has 208 valence electrons. The number of hydrogen-bond donors (Lipinski definition) is 1. The average Bonchev–Trinajstić information content (AvgIpc) is 3.19. The van der Waals surface area contributed by atoms with Crippen molar-refractivity contribution in [3.63, 3.8) is 0 Å². The summed E-state index contributed by atoms with van der Waals surface area (Å²) in [6.45, 7) is 6.48. The fourth-order valence-corrected chi connectivity index (χ4v) is 4.92. The molecule has 1 aromatic carbocycles. The first-order valence-electron chi connectivity index (χ1n) is 13.6. The Hall–Kier alpha value is -3.59. The van der Waals surface area contributed by atoms with Crippen molar-refractivity contribution >= 4 is 45.5 Å². The van der Waals surface area contributed by atoms with E-state index in [0.29, 0.717) is 70.2 Å². The molecule has 3 heterocycles. The van der Waals surface area contributed by atoms with Gasteiger partial charge in [0.2, 0.25) is 11.8 Å². The minimum absolute atomic E-state index is 0.181. The highest BCUT2D eigenvalue weighted by molar-refractivity contribution is 6.09. The van der Waals surface area contributed by atoms with Gasteiger partial charge in [-0.25, -0.2) is 4.98 Å². The van der Waals surface area contributed by atoms with Gasteiger partial charge in [-0.3, -0.25) is 24.5 Å². The molecule has 1 aliphatic rings. The van der Waals surface area contributed by atoms with Crippen molar-refractivity contribution in [3.05, 3.63) is 42.1 Å². The molecule has 0 aliphatic carbocycles. The van der Waals surface area contributed by atoms with Crippen LogP contribution in [0.4, 0.5) is 0 Å². The van der Waals surface area contributed by atoms with Crippen molar-refractivity contribution in [2.45, 2.75) is 83.8 Å². The quantitative estimate of drug-likeness (QED) is 0.205. The number of imide groups is 1. The molecule has 39 heavy (non-hydrogen) atoms. The van der Waals surface area contributed by atoms with Gasteiger partial charge in [-0.1, -0.05) is 6.07 Å². The third kappa shape index (κ3) is 7.50. The zero-order valence-electron chi connectivity index (χ0n) is 23.0. The molecule has 2 amide bonds. The molecule has 9 heteroatoms. The number of piperidine rings is 1. The number of pyridine rings is 1. The largest absolute Gasteiger partial charge is 0.460 e. The van der Waals surface area contributed by atoms with Crippen molar-refractivity contribution in [2.24, 2.45) is 0 Å². The van der Waals surface area contributed by atoms with Crippen molar-refractivity contribution < 1.29 is 28.7 Å². The van der Waals surface area contributed by atoms with Crippen LogP contribution in [0.15, 0.2) is 36.5 Å². The molecule has 1 atom stereocenters. The number of fused-ring (bicyclic) bond motifs is 3. The van der Waals surface area contributed by atoms with Crippen LogP contribution in [-0.4, -0.2) is 51.9 Å². The fraction of sp³-hybridized carbons (Fsp3) is 0.500. The van der Waals surface area contributed by atoms with Crippen LogP contribution in [0.5, 0.6) is 0 Å².